The molecule has 1 aromatic carbocycles. The summed E-state index contributed by atoms with van der Waals surface area (Å²) in [4.78, 5) is 0. The van der Waals surface area contributed by atoms with Gasteiger partial charge in [0.2, 0.25) is 0 Å². The van der Waals surface area contributed by atoms with Gasteiger partial charge in [0.25, 0.3) is 0 Å². The van der Waals surface area contributed by atoms with Gasteiger partial charge in [-0.25, -0.2) is 0 Å². The molecule has 1 nitrogen and oxygen atoms in total. The zero-order valence-electron chi connectivity index (χ0n) is 12.2. The van der Waals surface area contributed by atoms with Gasteiger partial charge in [-0.1, -0.05) is 62.1 Å². The van der Waals surface area contributed by atoms with Crippen LogP contribution in [0.4, 0.5) is 0 Å². The molecule has 1 heterocycles. The molecule has 102 valence electrons. The van der Waals surface area contributed by atoms with Crippen molar-refractivity contribution in [2.75, 3.05) is 6.61 Å². The molecular weight excluding hydrogens is 248 g/mol. The van der Waals surface area contributed by atoms with E-state index in [2.05, 4.69) is 62.1 Å². The quantitative estimate of drug-likeness (QED) is 0.572. The van der Waals surface area contributed by atoms with Crippen LogP contribution in [0.3, 0.4) is 0 Å². The predicted octanol–water partition coefficient (Wildman–Crippen LogP) is 4.66. The number of hydrogen-bond acceptors (Lipinski definition) is 1. The Balaban J connectivity index is 1.77. The van der Waals surface area contributed by atoms with Crippen molar-refractivity contribution in [1.29, 1.82) is 0 Å². The fourth-order valence-corrected chi connectivity index (χ4v) is 4.05. The van der Waals surface area contributed by atoms with Crippen LogP contribution in [0, 0.1) is 11.3 Å². The Hall–Kier alpha value is -0.863. The summed E-state index contributed by atoms with van der Waals surface area (Å²) in [5.41, 5.74) is 1.67. The maximum atomic E-state index is 6.05. The van der Waals surface area contributed by atoms with E-state index in [9.17, 15) is 0 Å². The molecule has 2 heteroatoms. The van der Waals surface area contributed by atoms with Crippen molar-refractivity contribution in [3.63, 3.8) is 0 Å². The van der Waals surface area contributed by atoms with Crippen LogP contribution >= 0.6 is 0 Å². The van der Waals surface area contributed by atoms with Gasteiger partial charge in [0, 0.05) is 13.5 Å². The summed E-state index contributed by atoms with van der Waals surface area (Å²) in [6.07, 6.45) is 6.53. The summed E-state index contributed by atoms with van der Waals surface area (Å²) in [5, 5.41) is 0. The predicted molar refractivity (Wildman–Crippen MR) is 83.0 cm³/mol. The summed E-state index contributed by atoms with van der Waals surface area (Å²) in [5.74, 6) is 0.760. The van der Waals surface area contributed by atoms with Crippen LogP contribution in [0.2, 0.25) is 25.7 Å². The molecule has 0 aromatic heterocycles. The van der Waals surface area contributed by atoms with E-state index < -0.39 is 8.07 Å². The zero-order chi connectivity index (χ0) is 13.5. The lowest BCUT2D eigenvalue weighted by Gasteiger charge is -2.21. The smallest absolute Gasteiger partial charge is 0.0919 e. The Bertz CT molecular complexity index is 474. The topological polar surface area (TPSA) is 9.23 Å². The van der Waals surface area contributed by atoms with Crippen molar-refractivity contribution < 1.29 is 4.74 Å². The van der Waals surface area contributed by atoms with Crippen molar-refractivity contribution >= 4 is 8.07 Å². The first kappa shape index (κ1) is 13.1. The van der Waals surface area contributed by atoms with E-state index >= 15 is 0 Å². The maximum absolute atomic E-state index is 6.05. The molecule has 0 amide bonds. The Morgan fingerprint density at radius 3 is 2.63 bits per heavy atom. The van der Waals surface area contributed by atoms with E-state index in [0.29, 0.717) is 5.41 Å². The average molecular weight is 272 g/mol. The van der Waals surface area contributed by atoms with E-state index in [1.807, 2.05) is 0 Å². The van der Waals surface area contributed by atoms with Gasteiger partial charge in [-0.3, -0.25) is 0 Å². The maximum Gasteiger partial charge on any atom is 0.0919 e. The molecule has 1 aromatic rings. The SMILES string of the molecule is C[Si](C)(C)C/C=C/[C@]12C[C@H]1CO[C@@H]2c1ccccc1. The van der Waals surface area contributed by atoms with Gasteiger partial charge in [0.1, 0.15) is 0 Å². The monoisotopic (exact) mass is 272 g/mol. The van der Waals surface area contributed by atoms with E-state index in [-0.39, 0.29) is 6.10 Å². The number of hydrogen-bond donors (Lipinski definition) is 0. The van der Waals surface area contributed by atoms with Gasteiger partial charge in [0.05, 0.1) is 12.7 Å². The number of allylic oxidation sites excluding steroid dienone is 1. The van der Waals surface area contributed by atoms with E-state index in [1.54, 1.807) is 0 Å². The van der Waals surface area contributed by atoms with Crippen molar-refractivity contribution in [2.45, 2.75) is 38.2 Å². The second kappa shape index (κ2) is 4.60. The van der Waals surface area contributed by atoms with E-state index in [1.165, 1.54) is 18.0 Å². The Kier molecular flexibility index (Phi) is 3.18. The van der Waals surface area contributed by atoms with E-state index in [4.69, 9.17) is 4.74 Å². The molecule has 19 heavy (non-hydrogen) atoms. The lowest BCUT2D eigenvalue weighted by molar-refractivity contribution is 0.0648. The molecule has 1 aliphatic heterocycles. The molecule has 1 saturated carbocycles. The minimum absolute atomic E-state index is 0.289. The van der Waals surface area contributed by atoms with Crippen LogP contribution < -0.4 is 0 Å². The lowest BCUT2D eigenvalue weighted by atomic mass is 9.92. The van der Waals surface area contributed by atoms with Crippen molar-refractivity contribution in [3.05, 3.63) is 48.0 Å². The number of ether oxygens (including phenoxy) is 1. The summed E-state index contributed by atoms with van der Waals surface area (Å²) >= 11 is 0. The molecule has 2 aliphatic rings. The number of rotatable bonds is 4. The number of benzene rings is 1. The van der Waals surface area contributed by atoms with Gasteiger partial charge < -0.3 is 4.74 Å². The molecule has 0 spiro atoms. The first-order chi connectivity index (χ1) is 9.01. The van der Waals surface area contributed by atoms with Gasteiger partial charge in [-0.2, -0.15) is 0 Å². The summed E-state index contributed by atoms with van der Waals surface area (Å²) in [6.45, 7) is 8.23. The Morgan fingerprint density at radius 1 is 1.26 bits per heavy atom. The van der Waals surface area contributed by atoms with Gasteiger partial charge in [-0.15, -0.1) is 0 Å². The van der Waals surface area contributed by atoms with Crippen LogP contribution in [0.1, 0.15) is 18.1 Å². The van der Waals surface area contributed by atoms with Crippen LogP contribution in [0.15, 0.2) is 42.5 Å². The second-order valence-corrected chi connectivity index (χ2v) is 12.8. The lowest BCUT2D eigenvalue weighted by Crippen LogP contribution is -2.18. The zero-order valence-corrected chi connectivity index (χ0v) is 13.2. The highest BCUT2D eigenvalue weighted by molar-refractivity contribution is 6.76. The normalized spacial score (nSPS) is 33.6. The van der Waals surface area contributed by atoms with Crippen LogP contribution in [0.5, 0.6) is 0 Å². The molecular formula is C17H24OSi. The molecule has 0 N–H and O–H groups in total. The minimum Gasteiger partial charge on any atom is -0.372 e. The molecule has 3 atom stereocenters. The van der Waals surface area contributed by atoms with E-state index in [0.717, 1.165) is 12.5 Å². The first-order valence-corrected chi connectivity index (χ1v) is 11.1. The van der Waals surface area contributed by atoms with Gasteiger partial charge in [-0.05, 0) is 23.9 Å². The van der Waals surface area contributed by atoms with Crippen molar-refractivity contribution in [3.8, 4) is 0 Å². The highest BCUT2D eigenvalue weighted by Gasteiger charge is 2.62. The summed E-state index contributed by atoms with van der Waals surface area (Å²) in [6, 6.07) is 12.0. The molecule has 0 bridgehead atoms. The average Bonchev–Trinajstić information content (AvgIpc) is 2.94. The number of fused-ring (bicyclic) bond motifs is 1. The minimum atomic E-state index is -0.972. The standard InChI is InChI=1S/C17H24OSi/c1-19(2,3)11-7-10-17-12-15(17)13-18-16(17)14-8-5-4-6-9-14/h4-10,15-16H,11-13H2,1-3H3/b10-7+/t15-,16+,17-/m0/s1. The third-order valence-corrected chi connectivity index (χ3v) is 5.87. The third-order valence-electron chi connectivity index (χ3n) is 4.41. The van der Waals surface area contributed by atoms with Gasteiger partial charge in [0.15, 0.2) is 0 Å². The molecule has 0 unspecified atom stereocenters. The highest BCUT2D eigenvalue weighted by Crippen LogP contribution is 2.67. The van der Waals surface area contributed by atoms with Crippen LogP contribution in [0.25, 0.3) is 0 Å². The third kappa shape index (κ3) is 2.56. The first-order valence-electron chi connectivity index (χ1n) is 7.35. The molecule has 3 rings (SSSR count). The largest absolute Gasteiger partial charge is 0.372 e. The van der Waals surface area contributed by atoms with Gasteiger partial charge >= 0.3 is 0 Å². The fraction of sp³-hybridized carbons (Fsp3) is 0.529. The molecule has 1 saturated heterocycles. The van der Waals surface area contributed by atoms with Crippen molar-refractivity contribution in [2.24, 2.45) is 11.3 Å². The molecule has 2 fully saturated rings. The Labute approximate surface area is 117 Å². The highest BCUT2D eigenvalue weighted by atomic mass is 28.3. The Morgan fingerprint density at radius 2 is 2.00 bits per heavy atom. The summed E-state index contributed by atoms with van der Waals surface area (Å²) in [7, 11) is -0.972. The second-order valence-electron chi connectivity index (χ2n) is 7.30. The molecule has 1 aliphatic carbocycles. The fourth-order valence-electron chi connectivity index (χ4n) is 3.23. The van der Waals surface area contributed by atoms with Crippen molar-refractivity contribution in [1.82, 2.24) is 0 Å². The summed E-state index contributed by atoms with van der Waals surface area (Å²) < 4.78 is 6.05. The van der Waals surface area contributed by atoms with Crippen LogP contribution in [-0.4, -0.2) is 14.7 Å². The molecule has 0 radical (unpaired) electrons. The van der Waals surface area contributed by atoms with Crippen LogP contribution in [-0.2, 0) is 4.74 Å².